The Kier molecular flexibility index (Phi) is 5.79. The van der Waals surface area contributed by atoms with E-state index >= 15 is 0 Å². The maximum Gasteiger partial charge on any atom is 0.410 e. The van der Waals surface area contributed by atoms with Gasteiger partial charge in [-0.2, -0.15) is 0 Å². The highest BCUT2D eigenvalue weighted by Crippen LogP contribution is 2.27. The van der Waals surface area contributed by atoms with Gasteiger partial charge in [0.2, 0.25) is 0 Å². The van der Waals surface area contributed by atoms with E-state index in [4.69, 9.17) is 16.3 Å². The molecule has 1 amide bonds. The number of amides is 1. The normalized spacial score (nSPS) is 18.7. The van der Waals surface area contributed by atoms with Crippen molar-refractivity contribution >= 4 is 23.4 Å². The molecule has 1 saturated heterocycles. The van der Waals surface area contributed by atoms with E-state index in [-0.39, 0.29) is 12.1 Å². The number of hydrogen-bond acceptors (Lipinski definition) is 3. The molecule has 1 atom stereocenters. The summed E-state index contributed by atoms with van der Waals surface area (Å²) in [6, 6.07) is 5.98. The fourth-order valence-corrected chi connectivity index (χ4v) is 3.14. The van der Waals surface area contributed by atoms with Gasteiger partial charge in [-0.05, 0) is 58.6 Å². The third-order valence-electron chi connectivity index (χ3n) is 3.99. The number of benzene rings is 1. The molecule has 23 heavy (non-hydrogen) atoms. The van der Waals surface area contributed by atoms with Crippen LogP contribution in [0.2, 0.25) is 5.02 Å². The molecule has 0 saturated carbocycles. The third-order valence-corrected chi connectivity index (χ3v) is 4.31. The second-order valence-corrected chi connectivity index (χ2v) is 7.54. The predicted octanol–water partition coefficient (Wildman–Crippen LogP) is 4.85. The Hall–Kier alpha value is -1.42. The number of carbonyl (C=O) groups is 1. The first-order chi connectivity index (χ1) is 10.8. The van der Waals surface area contributed by atoms with E-state index in [9.17, 15) is 4.79 Å². The average Bonchev–Trinajstić information content (AvgIpc) is 2.45. The molecule has 128 valence electrons. The number of para-hydroxylation sites is 1. The Morgan fingerprint density at radius 3 is 2.78 bits per heavy atom. The van der Waals surface area contributed by atoms with Crippen molar-refractivity contribution in [2.24, 2.45) is 0 Å². The monoisotopic (exact) mass is 338 g/mol. The largest absolute Gasteiger partial charge is 0.444 e. The van der Waals surface area contributed by atoms with E-state index in [1.165, 1.54) is 0 Å². The van der Waals surface area contributed by atoms with Crippen LogP contribution in [0.3, 0.4) is 0 Å². The number of aryl methyl sites for hydroxylation is 1. The van der Waals surface area contributed by atoms with Gasteiger partial charge < -0.3 is 15.0 Å². The van der Waals surface area contributed by atoms with Crippen LogP contribution in [-0.2, 0) is 4.74 Å². The van der Waals surface area contributed by atoms with Crippen LogP contribution in [0.1, 0.15) is 45.6 Å². The lowest BCUT2D eigenvalue weighted by Crippen LogP contribution is -2.48. The minimum Gasteiger partial charge on any atom is -0.444 e. The molecule has 1 heterocycles. The lowest BCUT2D eigenvalue weighted by Gasteiger charge is -2.37. The molecular weight excluding hydrogens is 312 g/mol. The van der Waals surface area contributed by atoms with E-state index < -0.39 is 5.60 Å². The summed E-state index contributed by atoms with van der Waals surface area (Å²) in [7, 11) is 0. The summed E-state index contributed by atoms with van der Waals surface area (Å²) < 4.78 is 5.54. The molecule has 4 nitrogen and oxygen atoms in total. The maximum atomic E-state index is 12.4. The molecule has 0 radical (unpaired) electrons. The van der Waals surface area contributed by atoms with E-state index in [1.807, 2.05) is 50.8 Å². The molecule has 1 aliphatic heterocycles. The smallest absolute Gasteiger partial charge is 0.410 e. The number of nitrogens with one attached hydrogen (secondary N) is 1. The highest BCUT2D eigenvalue weighted by atomic mass is 35.5. The predicted molar refractivity (Wildman–Crippen MR) is 95.3 cm³/mol. The Morgan fingerprint density at radius 2 is 2.13 bits per heavy atom. The van der Waals surface area contributed by atoms with Crippen molar-refractivity contribution in [3.05, 3.63) is 28.8 Å². The molecular formula is C18H27ClN2O2. The molecule has 1 aromatic rings. The first-order valence-electron chi connectivity index (χ1n) is 8.26. The van der Waals surface area contributed by atoms with Crippen LogP contribution in [0.15, 0.2) is 18.2 Å². The molecule has 0 aromatic heterocycles. The number of carbonyl (C=O) groups excluding carboxylic acids is 1. The van der Waals surface area contributed by atoms with Crippen molar-refractivity contribution in [3.63, 3.8) is 0 Å². The highest BCUT2D eigenvalue weighted by molar-refractivity contribution is 6.33. The zero-order chi connectivity index (χ0) is 17.0. The summed E-state index contributed by atoms with van der Waals surface area (Å²) in [6.45, 7) is 9.16. The van der Waals surface area contributed by atoms with Crippen LogP contribution in [0.4, 0.5) is 10.5 Å². The van der Waals surface area contributed by atoms with Crippen LogP contribution in [0, 0.1) is 6.92 Å². The number of anilines is 1. The third kappa shape index (κ3) is 5.03. The fourth-order valence-electron chi connectivity index (χ4n) is 2.85. The summed E-state index contributed by atoms with van der Waals surface area (Å²) in [6.07, 6.45) is 2.92. The van der Waals surface area contributed by atoms with E-state index in [1.54, 1.807) is 0 Å². The van der Waals surface area contributed by atoms with E-state index in [0.29, 0.717) is 11.6 Å². The highest BCUT2D eigenvalue weighted by Gasteiger charge is 2.30. The molecule has 0 aliphatic carbocycles. The molecule has 0 spiro atoms. The minimum atomic E-state index is -0.466. The maximum absolute atomic E-state index is 12.4. The average molecular weight is 339 g/mol. The van der Waals surface area contributed by atoms with Gasteiger partial charge in [-0.15, -0.1) is 0 Å². The fraction of sp³-hybridized carbons (Fsp3) is 0.611. The van der Waals surface area contributed by atoms with Crippen LogP contribution >= 0.6 is 11.6 Å². The van der Waals surface area contributed by atoms with Crippen LogP contribution < -0.4 is 5.32 Å². The first-order valence-corrected chi connectivity index (χ1v) is 8.64. The van der Waals surface area contributed by atoms with Crippen molar-refractivity contribution in [3.8, 4) is 0 Å². The zero-order valence-corrected chi connectivity index (χ0v) is 15.2. The molecule has 1 fully saturated rings. The number of hydrogen-bond donors (Lipinski definition) is 1. The number of nitrogens with zero attached hydrogens (tertiary/aromatic N) is 1. The Balaban J connectivity index is 2.03. The molecule has 1 N–H and O–H groups in total. The van der Waals surface area contributed by atoms with Gasteiger partial charge in [0.1, 0.15) is 5.60 Å². The SMILES string of the molecule is Cc1cccc(Cl)c1NCC1CCCCN1C(=O)OC(C)(C)C. The van der Waals surface area contributed by atoms with E-state index in [2.05, 4.69) is 5.32 Å². The van der Waals surface area contributed by atoms with Crippen LogP contribution in [0.5, 0.6) is 0 Å². The summed E-state index contributed by atoms with van der Waals surface area (Å²) in [5.41, 5.74) is 1.59. The second-order valence-electron chi connectivity index (χ2n) is 7.14. The summed E-state index contributed by atoms with van der Waals surface area (Å²) in [5.74, 6) is 0. The molecule has 5 heteroatoms. The number of halogens is 1. The molecule has 0 bridgehead atoms. The van der Waals surface area contributed by atoms with Crippen LogP contribution in [-0.4, -0.2) is 35.7 Å². The van der Waals surface area contributed by atoms with Gasteiger partial charge in [0.05, 0.1) is 16.8 Å². The van der Waals surface area contributed by atoms with Gasteiger partial charge in [0, 0.05) is 13.1 Å². The van der Waals surface area contributed by atoms with Crippen LogP contribution in [0.25, 0.3) is 0 Å². The lowest BCUT2D eigenvalue weighted by molar-refractivity contribution is 0.0114. The van der Waals surface area contributed by atoms with Crippen molar-refractivity contribution < 1.29 is 9.53 Å². The Bertz CT molecular complexity index is 534. The van der Waals surface area contributed by atoms with Gasteiger partial charge in [0.25, 0.3) is 0 Å². The lowest BCUT2D eigenvalue weighted by atomic mass is 10.0. The topological polar surface area (TPSA) is 41.6 Å². The second kappa shape index (κ2) is 7.43. The van der Waals surface area contributed by atoms with E-state index in [0.717, 1.165) is 37.1 Å². The first kappa shape index (κ1) is 17.9. The summed E-state index contributed by atoms with van der Waals surface area (Å²) >= 11 is 6.27. The van der Waals surface area contributed by atoms with Gasteiger partial charge in [-0.3, -0.25) is 0 Å². The van der Waals surface area contributed by atoms with Gasteiger partial charge in [-0.25, -0.2) is 4.79 Å². The molecule has 2 rings (SSSR count). The van der Waals surface area contributed by atoms with Gasteiger partial charge in [-0.1, -0.05) is 23.7 Å². The summed E-state index contributed by atoms with van der Waals surface area (Å²) in [4.78, 5) is 14.3. The standard InChI is InChI=1S/C18H27ClN2O2/c1-13-8-7-10-15(19)16(13)20-12-14-9-5-6-11-21(14)17(22)23-18(2,3)4/h7-8,10,14,20H,5-6,9,11-12H2,1-4H3. The molecule has 1 aromatic carbocycles. The van der Waals surface area contributed by atoms with Crippen molar-refractivity contribution in [1.82, 2.24) is 4.90 Å². The molecule has 1 unspecified atom stereocenters. The number of ether oxygens (including phenoxy) is 1. The number of piperidine rings is 1. The van der Waals surface area contributed by atoms with Crippen molar-refractivity contribution in [2.45, 2.75) is 58.6 Å². The minimum absolute atomic E-state index is 0.134. The van der Waals surface area contributed by atoms with Crippen molar-refractivity contribution in [1.29, 1.82) is 0 Å². The summed E-state index contributed by atoms with van der Waals surface area (Å²) in [5, 5.41) is 4.13. The zero-order valence-electron chi connectivity index (χ0n) is 14.5. The Morgan fingerprint density at radius 1 is 1.39 bits per heavy atom. The van der Waals surface area contributed by atoms with Gasteiger partial charge in [0.15, 0.2) is 0 Å². The Labute approximate surface area is 144 Å². The molecule has 1 aliphatic rings. The van der Waals surface area contributed by atoms with Gasteiger partial charge >= 0.3 is 6.09 Å². The quantitative estimate of drug-likeness (QED) is 0.856. The van der Waals surface area contributed by atoms with Crippen molar-refractivity contribution in [2.75, 3.05) is 18.4 Å². The number of rotatable bonds is 3. The number of likely N-dealkylation sites (tertiary alicyclic amines) is 1.